The Kier molecular flexibility index (Phi) is 3.82. The van der Waals surface area contributed by atoms with E-state index < -0.39 is 12.0 Å². The lowest BCUT2D eigenvalue weighted by atomic mass is 10.1. The van der Waals surface area contributed by atoms with Gasteiger partial charge in [-0.3, -0.25) is 4.79 Å². The minimum atomic E-state index is -0.789. The fourth-order valence-corrected chi connectivity index (χ4v) is 1.09. The number of rotatable bonds is 4. The second-order valence-corrected chi connectivity index (χ2v) is 2.83. The van der Waals surface area contributed by atoms with E-state index in [9.17, 15) is 9.59 Å². The number of ether oxygens (including phenoxy) is 1. The van der Waals surface area contributed by atoms with Gasteiger partial charge in [-0.15, -0.1) is 0 Å². The van der Waals surface area contributed by atoms with E-state index in [4.69, 9.17) is 5.73 Å². The first-order valence-electron chi connectivity index (χ1n) is 4.17. The maximum Gasteiger partial charge on any atom is 0.330 e. The van der Waals surface area contributed by atoms with Crippen LogP contribution in [0.25, 0.3) is 0 Å². The Morgan fingerprint density at radius 3 is 2.64 bits per heavy atom. The summed E-state index contributed by atoms with van der Waals surface area (Å²) in [5, 5.41) is 0. The second kappa shape index (κ2) is 5.14. The first-order chi connectivity index (χ1) is 6.74. The van der Waals surface area contributed by atoms with Crippen LogP contribution >= 0.6 is 0 Å². The van der Waals surface area contributed by atoms with Crippen LogP contribution < -0.4 is 5.73 Å². The van der Waals surface area contributed by atoms with E-state index in [1.54, 1.807) is 0 Å². The summed E-state index contributed by atoms with van der Waals surface area (Å²) in [6, 6.07) is 8.50. The predicted octanol–water partition coefficient (Wildman–Crippen LogP) is 0.256. The molecule has 1 rings (SSSR count). The van der Waals surface area contributed by atoms with Crippen molar-refractivity contribution in [3.05, 3.63) is 35.9 Å². The molecule has 0 spiro atoms. The fraction of sp³-hybridized carbons (Fsp3) is 0.200. The lowest BCUT2D eigenvalue weighted by molar-refractivity contribution is -0.152. The van der Waals surface area contributed by atoms with E-state index in [1.807, 2.05) is 30.3 Å². The molecule has 4 nitrogen and oxygen atoms in total. The van der Waals surface area contributed by atoms with Gasteiger partial charge in [-0.2, -0.15) is 0 Å². The minimum Gasteiger partial charge on any atom is -0.394 e. The lowest BCUT2D eigenvalue weighted by Gasteiger charge is -2.07. The molecule has 0 aliphatic rings. The van der Waals surface area contributed by atoms with Gasteiger partial charge in [-0.25, -0.2) is 4.79 Å². The van der Waals surface area contributed by atoms with Crippen LogP contribution in [-0.2, 0) is 20.7 Å². The monoisotopic (exact) mass is 193 g/mol. The first kappa shape index (κ1) is 10.4. The zero-order chi connectivity index (χ0) is 10.4. The molecule has 0 aliphatic heterocycles. The molecule has 0 aliphatic carbocycles. The Hall–Kier alpha value is -1.68. The molecule has 0 heterocycles. The van der Waals surface area contributed by atoms with Crippen molar-refractivity contribution in [2.75, 3.05) is 0 Å². The SMILES string of the molecule is N[C@@H](Cc1ccccc1)C(=O)OC=O. The van der Waals surface area contributed by atoms with E-state index in [0.717, 1.165) is 5.56 Å². The molecule has 0 saturated carbocycles. The molecule has 1 aromatic rings. The molecule has 0 unspecified atom stereocenters. The predicted molar refractivity (Wildman–Crippen MR) is 50.3 cm³/mol. The molecule has 14 heavy (non-hydrogen) atoms. The molecule has 1 aromatic carbocycles. The Labute approximate surface area is 81.7 Å². The van der Waals surface area contributed by atoms with Crippen molar-refractivity contribution in [3.8, 4) is 0 Å². The number of esters is 1. The Balaban J connectivity index is 2.52. The molecule has 0 amide bonds. The summed E-state index contributed by atoms with van der Waals surface area (Å²) in [5.74, 6) is -0.705. The Bertz CT molecular complexity index is 310. The van der Waals surface area contributed by atoms with Crippen LogP contribution in [0.3, 0.4) is 0 Å². The van der Waals surface area contributed by atoms with Crippen LogP contribution in [0.2, 0.25) is 0 Å². The van der Waals surface area contributed by atoms with Crippen molar-refractivity contribution in [2.45, 2.75) is 12.5 Å². The standard InChI is InChI=1S/C10H11NO3/c11-9(10(13)14-7-12)6-8-4-2-1-3-5-8/h1-5,7,9H,6,11H2/t9-/m0/s1. The highest BCUT2D eigenvalue weighted by Crippen LogP contribution is 2.02. The first-order valence-corrected chi connectivity index (χ1v) is 4.17. The fourth-order valence-electron chi connectivity index (χ4n) is 1.09. The third-order valence-electron chi connectivity index (χ3n) is 1.77. The highest BCUT2D eigenvalue weighted by Gasteiger charge is 2.14. The van der Waals surface area contributed by atoms with Gasteiger partial charge in [0.15, 0.2) is 0 Å². The summed E-state index contributed by atoms with van der Waals surface area (Å²) in [6.45, 7) is 0.0905. The highest BCUT2D eigenvalue weighted by atomic mass is 16.6. The van der Waals surface area contributed by atoms with Crippen molar-refractivity contribution >= 4 is 12.4 Å². The molecule has 4 heteroatoms. The molecule has 0 radical (unpaired) electrons. The molecule has 0 saturated heterocycles. The maximum absolute atomic E-state index is 11.0. The zero-order valence-electron chi connectivity index (χ0n) is 7.55. The van der Waals surface area contributed by atoms with Crippen molar-refractivity contribution in [1.29, 1.82) is 0 Å². The van der Waals surface area contributed by atoms with E-state index in [1.165, 1.54) is 0 Å². The third kappa shape index (κ3) is 2.99. The van der Waals surface area contributed by atoms with Gasteiger partial charge in [0.25, 0.3) is 0 Å². The zero-order valence-corrected chi connectivity index (χ0v) is 7.55. The van der Waals surface area contributed by atoms with E-state index in [-0.39, 0.29) is 6.47 Å². The van der Waals surface area contributed by atoms with Gasteiger partial charge >= 0.3 is 12.4 Å². The Morgan fingerprint density at radius 2 is 2.07 bits per heavy atom. The quantitative estimate of drug-likeness (QED) is 0.423. The van der Waals surface area contributed by atoms with E-state index in [0.29, 0.717) is 6.42 Å². The van der Waals surface area contributed by atoms with Crippen LogP contribution in [0.5, 0.6) is 0 Å². The summed E-state index contributed by atoms with van der Waals surface area (Å²) < 4.78 is 4.13. The number of hydrogen-bond acceptors (Lipinski definition) is 4. The van der Waals surface area contributed by atoms with Crippen LogP contribution in [0.4, 0.5) is 0 Å². The normalized spacial score (nSPS) is 11.8. The van der Waals surface area contributed by atoms with Gasteiger partial charge in [0.1, 0.15) is 6.04 Å². The summed E-state index contributed by atoms with van der Waals surface area (Å²) in [7, 11) is 0. The highest BCUT2D eigenvalue weighted by molar-refractivity contribution is 5.81. The minimum absolute atomic E-state index is 0.0905. The Morgan fingerprint density at radius 1 is 1.43 bits per heavy atom. The maximum atomic E-state index is 11.0. The summed E-state index contributed by atoms with van der Waals surface area (Å²) in [4.78, 5) is 20.8. The van der Waals surface area contributed by atoms with Crippen molar-refractivity contribution in [3.63, 3.8) is 0 Å². The average molecular weight is 193 g/mol. The number of nitrogens with two attached hydrogens (primary N) is 1. The summed E-state index contributed by atoms with van der Waals surface area (Å²) >= 11 is 0. The topological polar surface area (TPSA) is 69.4 Å². The van der Waals surface area contributed by atoms with Crippen LogP contribution in [-0.4, -0.2) is 18.5 Å². The van der Waals surface area contributed by atoms with Gasteiger partial charge in [0.05, 0.1) is 0 Å². The van der Waals surface area contributed by atoms with Crippen molar-refractivity contribution in [2.24, 2.45) is 5.73 Å². The largest absolute Gasteiger partial charge is 0.394 e. The van der Waals surface area contributed by atoms with Crippen LogP contribution in [0, 0.1) is 0 Å². The van der Waals surface area contributed by atoms with Gasteiger partial charge in [0.2, 0.25) is 0 Å². The average Bonchev–Trinajstić information content (AvgIpc) is 2.19. The van der Waals surface area contributed by atoms with Crippen molar-refractivity contribution in [1.82, 2.24) is 0 Å². The summed E-state index contributed by atoms with van der Waals surface area (Å²) in [5.41, 5.74) is 6.44. The van der Waals surface area contributed by atoms with Gasteiger partial charge in [-0.05, 0) is 12.0 Å². The van der Waals surface area contributed by atoms with E-state index in [2.05, 4.69) is 4.74 Å². The van der Waals surface area contributed by atoms with Crippen LogP contribution in [0.15, 0.2) is 30.3 Å². The molecule has 74 valence electrons. The lowest BCUT2D eigenvalue weighted by Crippen LogP contribution is -2.34. The number of benzene rings is 1. The van der Waals surface area contributed by atoms with E-state index >= 15 is 0 Å². The number of carbonyl (C=O) groups excluding carboxylic acids is 2. The second-order valence-electron chi connectivity index (χ2n) is 2.83. The molecule has 0 aromatic heterocycles. The van der Waals surface area contributed by atoms with Crippen LogP contribution in [0.1, 0.15) is 5.56 Å². The molecular formula is C10H11NO3. The van der Waals surface area contributed by atoms with Crippen molar-refractivity contribution < 1.29 is 14.3 Å². The smallest absolute Gasteiger partial charge is 0.330 e. The van der Waals surface area contributed by atoms with Gasteiger partial charge < -0.3 is 10.5 Å². The molecule has 2 N–H and O–H groups in total. The molecule has 0 bridgehead atoms. The van der Waals surface area contributed by atoms with Gasteiger partial charge in [0, 0.05) is 0 Å². The molecular weight excluding hydrogens is 182 g/mol. The third-order valence-corrected chi connectivity index (χ3v) is 1.77. The molecule has 0 fully saturated rings. The number of hydrogen-bond donors (Lipinski definition) is 1. The summed E-state index contributed by atoms with van der Waals surface area (Å²) in [6.07, 6.45) is 0.369. The molecule has 1 atom stereocenters. The number of carbonyl (C=O) groups is 2. The van der Waals surface area contributed by atoms with Gasteiger partial charge in [-0.1, -0.05) is 30.3 Å².